The van der Waals surface area contributed by atoms with Crippen LogP contribution in [0.3, 0.4) is 0 Å². The van der Waals surface area contributed by atoms with E-state index in [0.717, 1.165) is 0 Å². The van der Waals surface area contributed by atoms with Crippen molar-refractivity contribution in [2.75, 3.05) is 0 Å². The Morgan fingerprint density at radius 3 is 1.93 bits per heavy atom. The highest BCUT2D eigenvalue weighted by Crippen LogP contribution is 2.47. The molecular formula is C57H40. The summed E-state index contributed by atoms with van der Waals surface area (Å²) in [5, 5.41) is 12.9. The predicted molar refractivity (Wildman–Crippen MR) is 247 cm³/mol. The van der Waals surface area contributed by atoms with Gasteiger partial charge in [0.15, 0.2) is 0 Å². The maximum atomic E-state index is 4.08. The second-order valence-electron chi connectivity index (χ2n) is 15.7. The number of benzene rings is 9. The van der Waals surface area contributed by atoms with Crippen molar-refractivity contribution < 1.29 is 0 Å². The van der Waals surface area contributed by atoms with Gasteiger partial charge < -0.3 is 0 Å². The van der Waals surface area contributed by atoms with Crippen LogP contribution in [0.4, 0.5) is 0 Å². The van der Waals surface area contributed by atoms with E-state index < -0.39 is 0 Å². The van der Waals surface area contributed by atoms with E-state index in [1.807, 2.05) is 6.08 Å². The SMILES string of the molecule is C=C/C=C(\C=C/C)c1c2c(cc3ccccc13)C=c1c-2cc(C)c2c1ccc1c3c(ccc12)-c1c(cc2ccccc2c1-c1ccc(C)cc1-c1ccccc1)C=3. The topological polar surface area (TPSA) is 0 Å². The van der Waals surface area contributed by atoms with E-state index in [1.165, 1.54) is 131 Å². The van der Waals surface area contributed by atoms with Crippen molar-refractivity contribution in [3.63, 3.8) is 0 Å². The lowest BCUT2D eigenvalue weighted by Crippen LogP contribution is -2.08. The third kappa shape index (κ3) is 4.94. The monoisotopic (exact) mass is 724 g/mol. The smallest absolute Gasteiger partial charge is 0.00143 e. The summed E-state index contributed by atoms with van der Waals surface area (Å²) in [5.41, 5.74) is 17.9. The van der Waals surface area contributed by atoms with Crippen molar-refractivity contribution in [3.05, 3.63) is 209 Å². The van der Waals surface area contributed by atoms with Crippen molar-refractivity contribution in [2.45, 2.75) is 20.8 Å². The second-order valence-corrected chi connectivity index (χ2v) is 15.7. The number of allylic oxidation sites excluding steroid dienone is 5. The Labute approximate surface area is 333 Å². The van der Waals surface area contributed by atoms with E-state index in [0.29, 0.717) is 0 Å². The van der Waals surface area contributed by atoms with Crippen LogP contribution in [-0.4, -0.2) is 0 Å². The number of rotatable bonds is 5. The molecule has 57 heavy (non-hydrogen) atoms. The van der Waals surface area contributed by atoms with E-state index in [-0.39, 0.29) is 0 Å². The van der Waals surface area contributed by atoms with Crippen LogP contribution in [0.15, 0.2) is 170 Å². The van der Waals surface area contributed by atoms with E-state index in [4.69, 9.17) is 0 Å². The molecule has 0 heteroatoms. The third-order valence-electron chi connectivity index (χ3n) is 12.3. The van der Waals surface area contributed by atoms with Gasteiger partial charge in [-0.2, -0.15) is 0 Å². The predicted octanol–water partition coefficient (Wildman–Crippen LogP) is 14.0. The number of hydrogen-bond acceptors (Lipinski definition) is 0. The van der Waals surface area contributed by atoms with Crippen molar-refractivity contribution in [2.24, 2.45) is 0 Å². The van der Waals surface area contributed by atoms with Crippen LogP contribution in [0.2, 0.25) is 0 Å². The molecule has 2 aliphatic carbocycles. The molecule has 0 radical (unpaired) electrons. The molecule has 9 aromatic rings. The molecule has 0 unspecified atom stereocenters. The fraction of sp³-hybridized carbons (Fsp3) is 0.0526. The quantitative estimate of drug-likeness (QED) is 0.122. The van der Waals surface area contributed by atoms with Gasteiger partial charge in [-0.3, -0.25) is 0 Å². The summed E-state index contributed by atoms with van der Waals surface area (Å²) in [4.78, 5) is 0. The minimum absolute atomic E-state index is 1.18. The molecule has 0 heterocycles. The molecule has 0 atom stereocenters. The maximum absolute atomic E-state index is 4.08. The van der Waals surface area contributed by atoms with E-state index in [9.17, 15) is 0 Å². The van der Waals surface area contributed by atoms with Crippen LogP contribution in [0, 0.1) is 13.8 Å². The number of aryl methyl sites for hydroxylation is 2. The first-order valence-corrected chi connectivity index (χ1v) is 20.0. The fourth-order valence-corrected chi connectivity index (χ4v) is 10.0. The molecule has 2 aliphatic rings. The Balaban J connectivity index is 1.17. The zero-order valence-electron chi connectivity index (χ0n) is 32.5. The van der Waals surface area contributed by atoms with Gasteiger partial charge in [0, 0.05) is 0 Å². The molecule has 9 aromatic carbocycles. The van der Waals surface area contributed by atoms with E-state index in [2.05, 4.69) is 197 Å². The molecule has 11 rings (SSSR count). The van der Waals surface area contributed by atoms with Crippen LogP contribution >= 0.6 is 0 Å². The highest BCUT2D eigenvalue weighted by Gasteiger charge is 2.26. The van der Waals surface area contributed by atoms with E-state index in [1.54, 1.807) is 0 Å². The average Bonchev–Trinajstić information content (AvgIpc) is 3.80. The van der Waals surface area contributed by atoms with Gasteiger partial charge in [-0.25, -0.2) is 0 Å². The van der Waals surface area contributed by atoms with Gasteiger partial charge in [-0.1, -0.05) is 164 Å². The van der Waals surface area contributed by atoms with Gasteiger partial charge in [0.25, 0.3) is 0 Å². The Morgan fingerprint density at radius 2 is 1.16 bits per heavy atom. The summed E-state index contributed by atoms with van der Waals surface area (Å²) in [7, 11) is 0. The molecule has 0 aromatic heterocycles. The summed E-state index contributed by atoms with van der Waals surface area (Å²) >= 11 is 0. The van der Waals surface area contributed by atoms with E-state index >= 15 is 0 Å². The van der Waals surface area contributed by atoms with Crippen molar-refractivity contribution in [1.82, 2.24) is 0 Å². The van der Waals surface area contributed by atoms with Crippen LogP contribution in [-0.2, 0) is 0 Å². The van der Waals surface area contributed by atoms with Gasteiger partial charge in [0.2, 0.25) is 0 Å². The molecule has 0 fully saturated rings. The van der Waals surface area contributed by atoms with Crippen LogP contribution in [0.1, 0.15) is 34.7 Å². The molecule has 0 N–H and O–H groups in total. The minimum Gasteiger partial charge on any atom is -0.0990 e. The standard InChI is InChI=1S/C57H40/c1-5-14-37(15-6-2)54-42-20-12-10-18-38(42)30-41-33-51-47-25-24-44-45(53(47)35(4)29-52(51)56(41)54)26-27-48-50(44)32-40-31-39-19-11-13-21-43(39)57(55(40)48)46-23-22-34(3)28-49(46)36-16-8-7-9-17-36/h5-33H,1H2,2-4H3/b15-6-,37-14+. The van der Waals surface area contributed by atoms with Gasteiger partial charge in [-0.05, 0) is 171 Å². The lowest BCUT2D eigenvalue weighted by Gasteiger charge is -2.19. The average molecular weight is 725 g/mol. The molecule has 0 amide bonds. The van der Waals surface area contributed by atoms with Crippen LogP contribution < -0.4 is 10.4 Å². The molecule has 268 valence electrons. The van der Waals surface area contributed by atoms with Gasteiger partial charge in [-0.15, -0.1) is 0 Å². The fourth-order valence-electron chi connectivity index (χ4n) is 10.0. The first-order chi connectivity index (χ1) is 28.0. The Hall–Kier alpha value is -7.02. The Bertz CT molecular complexity index is 3420. The highest BCUT2D eigenvalue weighted by molar-refractivity contribution is 6.17. The lowest BCUT2D eigenvalue weighted by atomic mass is 9.84. The van der Waals surface area contributed by atoms with Crippen molar-refractivity contribution >= 4 is 60.8 Å². The summed E-state index contributed by atoms with van der Waals surface area (Å²) in [6.45, 7) is 10.7. The summed E-state index contributed by atoms with van der Waals surface area (Å²) < 4.78 is 0. The van der Waals surface area contributed by atoms with Gasteiger partial charge >= 0.3 is 0 Å². The Morgan fingerprint density at radius 1 is 0.509 bits per heavy atom. The third-order valence-corrected chi connectivity index (χ3v) is 12.3. The molecule has 0 aliphatic heterocycles. The number of fused-ring (bicyclic) bond motifs is 13. The molecule has 0 bridgehead atoms. The highest BCUT2D eigenvalue weighted by atomic mass is 14.3. The number of hydrogen-bond donors (Lipinski definition) is 0. The summed E-state index contributed by atoms with van der Waals surface area (Å²) in [6, 6.07) is 52.3. The summed E-state index contributed by atoms with van der Waals surface area (Å²) in [5.74, 6) is 0. The second kappa shape index (κ2) is 12.8. The van der Waals surface area contributed by atoms with Crippen LogP contribution in [0.25, 0.3) is 105 Å². The Kier molecular flexibility index (Phi) is 7.46. The zero-order valence-corrected chi connectivity index (χ0v) is 32.5. The lowest BCUT2D eigenvalue weighted by molar-refractivity contribution is 1.46. The maximum Gasteiger partial charge on any atom is -0.00143 e. The molecule has 0 spiro atoms. The largest absolute Gasteiger partial charge is 0.0990 e. The molecule has 0 saturated heterocycles. The molecule has 0 saturated carbocycles. The van der Waals surface area contributed by atoms with Crippen molar-refractivity contribution in [1.29, 1.82) is 0 Å². The van der Waals surface area contributed by atoms with Gasteiger partial charge in [0.1, 0.15) is 0 Å². The molecule has 0 nitrogen and oxygen atoms in total. The zero-order chi connectivity index (χ0) is 38.4. The van der Waals surface area contributed by atoms with Crippen molar-refractivity contribution in [3.8, 4) is 44.5 Å². The first kappa shape index (κ1) is 33.3. The van der Waals surface area contributed by atoms with Gasteiger partial charge in [0.05, 0.1) is 0 Å². The molecular weight excluding hydrogens is 685 g/mol. The normalized spacial score (nSPS) is 12.9. The summed E-state index contributed by atoms with van der Waals surface area (Å²) in [6.07, 6.45) is 13.3. The van der Waals surface area contributed by atoms with Crippen LogP contribution in [0.5, 0.6) is 0 Å². The first-order valence-electron chi connectivity index (χ1n) is 20.0. The minimum atomic E-state index is 1.18.